The van der Waals surface area contributed by atoms with Crippen LogP contribution < -0.4 is 19.7 Å². The van der Waals surface area contributed by atoms with E-state index >= 15 is 8.78 Å². The van der Waals surface area contributed by atoms with Gasteiger partial charge in [-0.05, 0) is 84.4 Å². The first-order chi connectivity index (χ1) is 25.2. The van der Waals surface area contributed by atoms with E-state index in [4.69, 9.17) is 23.6 Å². The molecule has 0 amide bonds. The van der Waals surface area contributed by atoms with E-state index < -0.39 is 33.6 Å². The second-order valence-electron chi connectivity index (χ2n) is 17.7. The second kappa shape index (κ2) is 13.5. The molecule has 14 heteroatoms. The Kier molecular flexibility index (Phi) is 9.63. The van der Waals surface area contributed by atoms with Crippen molar-refractivity contribution in [3.8, 4) is 23.0 Å². The van der Waals surface area contributed by atoms with Crippen LogP contribution in [0.3, 0.4) is 0 Å². The van der Waals surface area contributed by atoms with Crippen LogP contribution in [0.25, 0.3) is 32.9 Å². The number of rotatable bonds is 11. The summed E-state index contributed by atoms with van der Waals surface area (Å²) in [4.78, 5) is 16.4. The normalized spacial score (nSPS) is 21.8. The Morgan fingerprint density at radius 1 is 1.07 bits per heavy atom. The molecule has 11 nitrogen and oxygen atoms in total. The Morgan fingerprint density at radius 3 is 2.46 bits per heavy atom. The molecule has 3 aliphatic rings. The van der Waals surface area contributed by atoms with E-state index in [0.29, 0.717) is 77.8 Å². The number of fused-ring (bicyclic) bond motifs is 4. The zero-order valence-electron chi connectivity index (χ0n) is 32.3. The first-order valence-corrected chi connectivity index (χ1v) is 20.1. The van der Waals surface area contributed by atoms with Gasteiger partial charge in [-0.1, -0.05) is 54.5 Å². The van der Waals surface area contributed by atoms with Crippen LogP contribution in [0, 0.1) is 27.9 Å². The molecular weight excluding hydrogens is 717 g/mol. The molecule has 2 aliphatic heterocycles. The predicted octanol–water partition coefficient (Wildman–Crippen LogP) is 7.83. The molecule has 3 unspecified atom stereocenters. The molecule has 292 valence electrons. The molecule has 4 heterocycles. The first kappa shape index (κ1) is 38.6. The molecule has 1 aliphatic carbocycles. The van der Waals surface area contributed by atoms with E-state index in [2.05, 4.69) is 56.7 Å². The van der Waals surface area contributed by atoms with Gasteiger partial charge in [-0.25, -0.2) is 13.0 Å². The van der Waals surface area contributed by atoms with Gasteiger partial charge in [0.1, 0.15) is 28.6 Å². The van der Waals surface area contributed by atoms with Crippen molar-refractivity contribution in [2.45, 2.75) is 105 Å². The predicted molar refractivity (Wildman–Crippen MR) is 204 cm³/mol. The molecule has 3 atom stereocenters. The molecule has 0 radical (unpaired) electrons. The highest BCUT2D eigenvalue weighted by Gasteiger charge is 2.52. The third-order valence-corrected chi connectivity index (χ3v) is 12.1. The minimum Gasteiger partial charge on any atom is -0.493 e. The van der Waals surface area contributed by atoms with E-state index in [1.165, 1.54) is 6.07 Å². The Balaban J connectivity index is 1.38. The largest absolute Gasteiger partial charge is 0.493 e. The van der Waals surface area contributed by atoms with Gasteiger partial charge >= 0.3 is 16.4 Å². The van der Waals surface area contributed by atoms with Crippen LogP contribution in [-0.4, -0.2) is 71.9 Å². The van der Waals surface area contributed by atoms with Gasteiger partial charge in [0.25, 0.3) is 0 Å². The van der Waals surface area contributed by atoms with Gasteiger partial charge < -0.3 is 19.7 Å². The summed E-state index contributed by atoms with van der Waals surface area (Å²) in [6.45, 7) is 17.9. The average Bonchev–Trinajstić information content (AvgIpc) is 3.82. The number of halogens is 2. The number of aryl methyl sites for hydroxylation is 1. The summed E-state index contributed by atoms with van der Waals surface area (Å²) in [5, 5.41) is 5.51. The smallest absolute Gasteiger partial charge is 0.397 e. The van der Waals surface area contributed by atoms with Crippen LogP contribution in [0.4, 0.5) is 14.6 Å². The van der Waals surface area contributed by atoms with Gasteiger partial charge in [0.15, 0.2) is 5.82 Å². The van der Waals surface area contributed by atoms with Crippen LogP contribution in [0.5, 0.6) is 11.8 Å². The maximum Gasteiger partial charge on any atom is 0.397 e. The third kappa shape index (κ3) is 7.34. The van der Waals surface area contributed by atoms with Crippen LogP contribution in [0.15, 0.2) is 30.5 Å². The van der Waals surface area contributed by atoms with Crippen molar-refractivity contribution in [3.63, 3.8) is 0 Å². The van der Waals surface area contributed by atoms with Gasteiger partial charge in [0.05, 0.1) is 24.7 Å². The summed E-state index contributed by atoms with van der Waals surface area (Å²) in [6.07, 6.45) is 4.25. The molecule has 7 rings (SSSR count). The Morgan fingerprint density at radius 2 is 1.81 bits per heavy atom. The molecule has 2 saturated heterocycles. The molecule has 2 aromatic carbocycles. The van der Waals surface area contributed by atoms with Crippen molar-refractivity contribution in [2.24, 2.45) is 16.2 Å². The molecule has 0 spiro atoms. The third-order valence-electron chi connectivity index (χ3n) is 11.6. The fourth-order valence-corrected chi connectivity index (χ4v) is 8.67. The summed E-state index contributed by atoms with van der Waals surface area (Å²) in [5.41, 5.74) is -0.340. The lowest BCUT2D eigenvalue weighted by atomic mass is 9.72. The lowest BCUT2D eigenvalue weighted by Gasteiger charge is -2.49. The van der Waals surface area contributed by atoms with Crippen LogP contribution >= 0.6 is 0 Å². The van der Waals surface area contributed by atoms with Crippen LogP contribution in [-0.2, 0) is 21.0 Å². The van der Waals surface area contributed by atoms with Crippen molar-refractivity contribution >= 4 is 37.9 Å². The number of pyridine rings is 1. The maximum atomic E-state index is 17.4. The minimum atomic E-state index is -4.69. The number of piperazine rings is 1. The SMILES string of the molecule is CCc1c(F)ccc2cc(OCC(C)(C)C)cc(-c3ncc4c(N5CC6CCC(C(C)(C)C)(C5)N6)nc(OCC5(C(C)OS(=O)(=O)O)CC5)nc4c3F)c12. The highest BCUT2D eigenvalue weighted by Crippen LogP contribution is 2.51. The van der Waals surface area contributed by atoms with E-state index in [1.807, 2.05) is 13.0 Å². The second-order valence-corrected chi connectivity index (χ2v) is 18.8. The summed E-state index contributed by atoms with van der Waals surface area (Å²) < 4.78 is 82.4. The Hall–Kier alpha value is -3.72. The standard InChI is InChI=1S/C40H51F2N5O6S/c1-9-27-30(41)11-10-24-16-26(51-21-37(3,4)5)17-28(31(24)27)33-32(42)34-29(18-43-33)35(47-19-25-12-13-40(20-47,46-25)38(6,7)8)45-36(44-34)52-22-39(14-15-39)23(2)53-54(48,49)50/h10-11,16-18,23,25,46H,9,12-15,19-22H2,1-8H3,(H,48,49,50). The number of anilines is 1. The van der Waals surface area contributed by atoms with Gasteiger partial charge in [-0.2, -0.15) is 18.4 Å². The van der Waals surface area contributed by atoms with Crippen molar-refractivity contribution in [3.05, 3.63) is 47.7 Å². The minimum absolute atomic E-state index is 0.00798. The van der Waals surface area contributed by atoms with Gasteiger partial charge in [0.2, 0.25) is 0 Å². The van der Waals surface area contributed by atoms with Gasteiger partial charge in [-0.3, -0.25) is 9.54 Å². The monoisotopic (exact) mass is 767 g/mol. The molecule has 3 fully saturated rings. The topological polar surface area (TPSA) is 136 Å². The highest BCUT2D eigenvalue weighted by atomic mass is 32.3. The van der Waals surface area contributed by atoms with E-state index in [1.54, 1.807) is 25.3 Å². The van der Waals surface area contributed by atoms with Crippen molar-refractivity contribution in [1.82, 2.24) is 20.3 Å². The van der Waals surface area contributed by atoms with Crippen molar-refractivity contribution in [1.29, 1.82) is 0 Å². The highest BCUT2D eigenvalue weighted by molar-refractivity contribution is 7.80. The molecule has 2 aromatic heterocycles. The summed E-state index contributed by atoms with van der Waals surface area (Å²) >= 11 is 0. The summed E-state index contributed by atoms with van der Waals surface area (Å²) in [5.74, 6) is -0.114. The number of ether oxygens (including phenoxy) is 2. The number of nitrogens with zero attached hydrogens (tertiary/aromatic N) is 4. The van der Waals surface area contributed by atoms with Crippen molar-refractivity contribution in [2.75, 3.05) is 31.2 Å². The quantitative estimate of drug-likeness (QED) is 0.145. The average molecular weight is 768 g/mol. The number of hydrogen-bond donors (Lipinski definition) is 2. The molecular formula is C40H51F2N5O6S. The first-order valence-electron chi connectivity index (χ1n) is 18.8. The zero-order valence-corrected chi connectivity index (χ0v) is 33.2. The molecule has 1 saturated carbocycles. The summed E-state index contributed by atoms with van der Waals surface area (Å²) in [6, 6.07) is 6.78. The van der Waals surface area contributed by atoms with Crippen LogP contribution in [0.2, 0.25) is 0 Å². The fraction of sp³-hybridized carbons (Fsp3) is 0.575. The number of hydrogen-bond acceptors (Lipinski definition) is 10. The maximum absolute atomic E-state index is 17.4. The van der Waals surface area contributed by atoms with E-state index in [9.17, 15) is 13.0 Å². The Bertz CT molecular complexity index is 2220. The van der Waals surface area contributed by atoms with E-state index in [0.717, 1.165) is 12.8 Å². The van der Waals surface area contributed by atoms with E-state index in [-0.39, 0.29) is 46.2 Å². The number of benzene rings is 2. The van der Waals surface area contributed by atoms with Crippen molar-refractivity contribution < 1.29 is 35.4 Å². The fourth-order valence-electron chi connectivity index (χ4n) is 8.10. The Labute approximate surface area is 316 Å². The lowest BCUT2D eigenvalue weighted by molar-refractivity contribution is 0.0826. The molecule has 54 heavy (non-hydrogen) atoms. The van der Waals surface area contributed by atoms with Crippen LogP contribution in [0.1, 0.15) is 86.6 Å². The van der Waals surface area contributed by atoms with Gasteiger partial charge in [-0.15, -0.1) is 0 Å². The zero-order chi connectivity index (χ0) is 39.0. The number of aromatic nitrogens is 3. The molecule has 4 aromatic rings. The molecule has 2 bridgehead atoms. The molecule has 2 N–H and O–H groups in total. The summed E-state index contributed by atoms with van der Waals surface area (Å²) in [7, 11) is -4.69. The van der Waals surface area contributed by atoms with Gasteiger partial charge in [0, 0.05) is 41.8 Å². The number of nitrogens with one attached hydrogen (secondary N) is 1. The lowest BCUT2D eigenvalue weighted by Crippen LogP contribution is -2.65.